The largest absolute Gasteiger partial charge is 0.336 e. The van der Waals surface area contributed by atoms with E-state index in [2.05, 4.69) is 12.0 Å². The van der Waals surface area contributed by atoms with Crippen LogP contribution in [0.1, 0.15) is 55.6 Å². The van der Waals surface area contributed by atoms with E-state index in [0.29, 0.717) is 6.42 Å². The predicted octanol–water partition coefficient (Wildman–Crippen LogP) is 2.67. The molecule has 1 saturated heterocycles. The number of rotatable bonds is 4. The van der Waals surface area contributed by atoms with Crippen molar-refractivity contribution in [2.24, 2.45) is 12.8 Å². The van der Waals surface area contributed by atoms with E-state index in [9.17, 15) is 4.79 Å². The average molecular weight is 351 g/mol. The van der Waals surface area contributed by atoms with Gasteiger partial charge in [0.1, 0.15) is 0 Å². The number of amides is 1. The van der Waals surface area contributed by atoms with Crippen LogP contribution in [0.25, 0.3) is 0 Å². The smallest absolute Gasteiger partial charge is 0.223 e. The molecule has 2 atom stereocenters. The average Bonchev–Trinajstić information content (AvgIpc) is 2.93. The Hall–Kier alpha value is -0.780. The zero-order chi connectivity index (χ0) is 14.9. The van der Waals surface area contributed by atoms with Gasteiger partial charge in [-0.25, -0.2) is 0 Å². The molecule has 2 rings (SSSR count). The first kappa shape index (κ1) is 21.2. The van der Waals surface area contributed by atoms with Gasteiger partial charge in [-0.15, -0.1) is 24.8 Å². The summed E-state index contributed by atoms with van der Waals surface area (Å²) in [5.74, 6) is 0.229. The SMILES string of the molecule is Cc1nn(C)c(C)c1C1CCCN1C(=O)CCC(C)N.Cl.Cl. The minimum absolute atomic E-state index is 0. The predicted molar refractivity (Wildman–Crippen MR) is 93.7 cm³/mol. The summed E-state index contributed by atoms with van der Waals surface area (Å²) in [6.45, 7) is 6.92. The number of aromatic nitrogens is 2. The van der Waals surface area contributed by atoms with Crippen LogP contribution in [-0.2, 0) is 11.8 Å². The van der Waals surface area contributed by atoms with Crippen LogP contribution in [0.5, 0.6) is 0 Å². The molecule has 22 heavy (non-hydrogen) atoms. The number of hydrogen-bond donors (Lipinski definition) is 1. The molecule has 5 nitrogen and oxygen atoms in total. The van der Waals surface area contributed by atoms with Crippen molar-refractivity contribution in [2.75, 3.05) is 6.54 Å². The molecule has 1 amide bonds. The monoisotopic (exact) mass is 350 g/mol. The molecule has 2 heterocycles. The quantitative estimate of drug-likeness (QED) is 0.907. The summed E-state index contributed by atoms with van der Waals surface area (Å²) >= 11 is 0. The highest BCUT2D eigenvalue weighted by atomic mass is 35.5. The molecule has 0 spiro atoms. The second-order valence-corrected chi connectivity index (χ2v) is 5.97. The van der Waals surface area contributed by atoms with Crippen molar-refractivity contribution < 1.29 is 4.79 Å². The van der Waals surface area contributed by atoms with Crippen molar-refractivity contribution in [1.29, 1.82) is 0 Å². The highest BCUT2D eigenvalue weighted by Crippen LogP contribution is 2.35. The van der Waals surface area contributed by atoms with Gasteiger partial charge in [0, 0.05) is 37.3 Å². The lowest BCUT2D eigenvalue weighted by atomic mass is 10.0. The Bertz CT molecular complexity index is 502. The van der Waals surface area contributed by atoms with E-state index in [1.807, 2.05) is 30.5 Å². The Balaban J connectivity index is 0.00000220. The third-order valence-corrected chi connectivity index (χ3v) is 4.28. The van der Waals surface area contributed by atoms with Gasteiger partial charge in [0.15, 0.2) is 0 Å². The first-order valence-electron chi connectivity index (χ1n) is 7.47. The molecule has 1 aliphatic heterocycles. The van der Waals surface area contributed by atoms with Crippen LogP contribution in [0.4, 0.5) is 0 Å². The van der Waals surface area contributed by atoms with E-state index in [1.54, 1.807) is 0 Å². The molecule has 128 valence electrons. The van der Waals surface area contributed by atoms with E-state index in [4.69, 9.17) is 5.73 Å². The van der Waals surface area contributed by atoms with Crippen molar-refractivity contribution in [3.8, 4) is 0 Å². The third-order valence-electron chi connectivity index (χ3n) is 4.28. The lowest BCUT2D eigenvalue weighted by molar-refractivity contribution is -0.132. The second kappa shape index (κ2) is 8.75. The molecule has 1 fully saturated rings. The van der Waals surface area contributed by atoms with Crippen LogP contribution < -0.4 is 5.73 Å². The Morgan fingerprint density at radius 1 is 1.41 bits per heavy atom. The minimum Gasteiger partial charge on any atom is -0.336 e. The molecule has 2 unspecified atom stereocenters. The van der Waals surface area contributed by atoms with Crippen molar-refractivity contribution in [3.05, 3.63) is 17.0 Å². The molecule has 1 aromatic heterocycles. The summed E-state index contributed by atoms with van der Waals surface area (Å²) in [6.07, 6.45) is 3.42. The Morgan fingerprint density at radius 2 is 2.05 bits per heavy atom. The van der Waals surface area contributed by atoms with E-state index < -0.39 is 0 Å². The van der Waals surface area contributed by atoms with Gasteiger partial charge in [-0.3, -0.25) is 9.48 Å². The topological polar surface area (TPSA) is 64.2 Å². The Kier molecular flexibility index (Phi) is 8.44. The van der Waals surface area contributed by atoms with Crippen molar-refractivity contribution >= 4 is 30.7 Å². The van der Waals surface area contributed by atoms with Crippen molar-refractivity contribution in [1.82, 2.24) is 14.7 Å². The van der Waals surface area contributed by atoms with Crippen molar-refractivity contribution in [2.45, 2.75) is 58.5 Å². The minimum atomic E-state index is 0. The molecule has 0 radical (unpaired) electrons. The van der Waals surface area contributed by atoms with Gasteiger partial charge in [-0.1, -0.05) is 0 Å². The standard InChI is InChI=1S/C15H26N4O.2ClH/c1-10(16)7-8-14(20)19-9-5-6-13(19)15-11(2)17-18(4)12(15)3;;/h10,13H,5-9,16H2,1-4H3;2*1H. The van der Waals surface area contributed by atoms with Gasteiger partial charge < -0.3 is 10.6 Å². The van der Waals surface area contributed by atoms with Crippen molar-refractivity contribution in [3.63, 3.8) is 0 Å². The number of aryl methyl sites for hydroxylation is 2. The number of hydrogen-bond acceptors (Lipinski definition) is 3. The molecule has 1 aromatic rings. The number of carbonyl (C=O) groups excluding carboxylic acids is 1. The lowest BCUT2D eigenvalue weighted by Gasteiger charge is -2.25. The summed E-state index contributed by atoms with van der Waals surface area (Å²) < 4.78 is 1.91. The Labute approximate surface area is 145 Å². The molecule has 0 aliphatic carbocycles. The maximum absolute atomic E-state index is 12.4. The first-order chi connectivity index (χ1) is 9.41. The molecule has 0 bridgehead atoms. The van der Waals surface area contributed by atoms with Crippen LogP contribution in [0.3, 0.4) is 0 Å². The fourth-order valence-corrected chi connectivity index (χ4v) is 3.13. The van der Waals surface area contributed by atoms with Crippen LogP contribution in [0.2, 0.25) is 0 Å². The molecule has 0 saturated carbocycles. The zero-order valence-electron chi connectivity index (χ0n) is 13.8. The molecule has 2 N–H and O–H groups in total. The summed E-state index contributed by atoms with van der Waals surface area (Å²) in [4.78, 5) is 14.4. The van der Waals surface area contributed by atoms with E-state index in [-0.39, 0.29) is 42.8 Å². The normalized spacial score (nSPS) is 18.6. The third kappa shape index (κ3) is 4.37. The molecule has 7 heteroatoms. The van der Waals surface area contributed by atoms with Gasteiger partial charge in [0.2, 0.25) is 5.91 Å². The zero-order valence-corrected chi connectivity index (χ0v) is 15.5. The van der Waals surface area contributed by atoms with Gasteiger partial charge in [0.25, 0.3) is 0 Å². The molecule has 1 aliphatic rings. The number of nitrogens with two attached hydrogens (primary N) is 1. The number of carbonyl (C=O) groups is 1. The van der Waals surface area contributed by atoms with E-state index in [0.717, 1.165) is 31.5 Å². The summed E-state index contributed by atoms with van der Waals surface area (Å²) in [5, 5.41) is 4.48. The fourth-order valence-electron chi connectivity index (χ4n) is 3.13. The number of nitrogens with zero attached hydrogens (tertiary/aromatic N) is 3. The maximum atomic E-state index is 12.4. The summed E-state index contributed by atoms with van der Waals surface area (Å²) in [7, 11) is 1.96. The molecular weight excluding hydrogens is 323 g/mol. The number of halogens is 2. The Morgan fingerprint density at radius 3 is 2.55 bits per heavy atom. The summed E-state index contributed by atoms with van der Waals surface area (Å²) in [6, 6.07) is 0.283. The second-order valence-electron chi connectivity index (χ2n) is 5.97. The van der Waals surface area contributed by atoms with Crippen LogP contribution in [-0.4, -0.2) is 33.2 Å². The van der Waals surface area contributed by atoms with Crippen LogP contribution in [0.15, 0.2) is 0 Å². The fraction of sp³-hybridized carbons (Fsp3) is 0.733. The molecular formula is C15H28Cl2N4O. The highest BCUT2D eigenvalue weighted by molar-refractivity contribution is 5.85. The van der Waals surface area contributed by atoms with Gasteiger partial charge >= 0.3 is 0 Å². The number of likely N-dealkylation sites (tertiary alicyclic amines) is 1. The van der Waals surface area contributed by atoms with E-state index in [1.165, 1.54) is 11.3 Å². The maximum Gasteiger partial charge on any atom is 0.223 e. The van der Waals surface area contributed by atoms with Crippen LogP contribution >= 0.6 is 24.8 Å². The van der Waals surface area contributed by atoms with Gasteiger partial charge in [0.05, 0.1) is 11.7 Å². The van der Waals surface area contributed by atoms with Crippen LogP contribution in [0, 0.1) is 13.8 Å². The van der Waals surface area contributed by atoms with E-state index >= 15 is 0 Å². The summed E-state index contributed by atoms with van der Waals surface area (Å²) in [5.41, 5.74) is 9.20. The first-order valence-corrected chi connectivity index (χ1v) is 7.47. The molecule has 0 aromatic carbocycles. The van der Waals surface area contributed by atoms with Gasteiger partial charge in [-0.05, 0) is 40.0 Å². The highest BCUT2D eigenvalue weighted by Gasteiger charge is 2.33. The lowest BCUT2D eigenvalue weighted by Crippen LogP contribution is -2.32. The van der Waals surface area contributed by atoms with Gasteiger partial charge in [-0.2, -0.15) is 5.10 Å².